The van der Waals surface area contributed by atoms with Crippen LogP contribution in [0.5, 0.6) is 11.6 Å². The summed E-state index contributed by atoms with van der Waals surface area (Å²) in [5.74, 6) is 0.358. The molecule has 2 heterocycles. The van der Waals surface area contributed by atoms with Gasteiger partial charge in [-0.2, -0.15) is 0 Å². The first-order valence-corrected chi connectivity index (χ1v) is 8.28. The smallest absolute Gasteiger partial charge is 0.261 e. The van der Waals surface area contributed by atoms with Crippen LogP contribution in [0.25, 0.3) is 0 Å². The van der Waals surface area contributed by atoms with Crippen molar-refractivity contribution in [1.29, 1.82) is 0 Å². The maximum absolute atomic E-state index is 12.4. The fourth-order valence-electron chi connectivity index (χ4n) is 2.49. The first-order valence-electron chi connectivity index (χ1n) is 8.28. The Bertz CT molecular complexity index is 980. The molecule has 0 spiro atoms. The molecule has 3 N–H and O–H groups in total. The Morgan fingerprint density at radius 2 is 2.07 bits per heavy atom. The van der Waals surface area contributed by atoms with Crippen molar-refractivity contribution < 1.29 is 18.8 Å². The van der Waals surface area contributed by atoms with E-state index in [-0.39, 0.29) is 5.91 Å². The highest BCUT2D eigenvalue weighted by Crippen LogP contribution is 2.22. The van der Waals surface area contributed by atoms with Crippen molar-refractivity contribution >= 4 is 17.5 Å². The number of ether oxygens (including phenoxy) is 1. The van der Waals surface area contributed by atoms with Crippen LogP contribution in [-0.4, -0.2) is 22.0 Å². The van der Waals surface area contributed by atoms with E-state index in [1.807, 2.05) is 6.92 Å². The van der Waals surface area contributed by atoms with Crippen molar-refractivity contribution in [2.24, 2.45) is 5.73 Å². The lowest BCUT2D eigenvalue weighted by Gasteiger charge is -2.08. The molecule has 2 aromatic heterocycles. The van der Waals surface area contributed by atoms with E-state index in [9.17, 15) is 9.59 Å². The summed E-state index contributed by atoms with van der Waals surface area (Å²) in [4.78, 5) is 27.8. The molecule has 0 aliphatic rings. The molecule has 8 heteroatoms. The highest BCUT2D eigenvalue weighted by molar-refractivity contribution is 6.05. The number of hydrogen-bond acceptors (Lipinski definition) is 6. The summed E-state index contributed by atoms with van der Waals surface area (Å²) in [6.45, 7) is 3.59. The highest BCUT2D eigenvalue weighted by atomic mass is 16.5. The minimum absolute atomic E-state index is 0.310. The number of aryl methyl sites for hydroxylation is 2. The van der Waals surface area contributed by atoms with Crippen LogP contribution in [0.15, 0.2) is 47.1 Å². The predicted octanol–water partition coefficient (Wildman–Crippen LogP) is 3.08. The van der Waals surface area contributed by atoms with Gasteiger partial charge in [0.15, 0.2) is 0 Å². The first-order chi connectivity index (χ1) is 13.0. The van der Waals surface area contributed by atoms with E-state index < -0.39 is 5.91 Å². The van der Waals surface area contributed by atoms with Crippen molar-refractivity contribution in [3.8, 4) is 11.6 Å². The summed E-state index contributed by atoms with van der Waals surface area (Å²) in [6, 6.07) is 9.74. The zero-order chi connectivity index (χ0) is 19.4. The molecule has 0 aliphatic carbocycles. The molecule has 2 amide bonds. The van der Waals surface area contributed by atoms with Gasteiger partial charge in [0.1, 0.15) is 17.1 Å². The number of anilines is 1. The number of rotatable bonds is 6. The summed E-state index contributed by atoms with van der Waals surface area (Å²) in [6.07, 6.45) is 2.06. The minimum Gasteiger partial charge on any atom is -0.439 e. The summed E-state index contributed by atoms with van der Waals surface area (Å²) in [5.41, 5.74) is 7.13. The van der Waals surface area contributed by atoms with Gasteiger partial charge in [0.05, 0.1) is 17.6 Å². The number of nitrogens with one attached hydrogen (secondary N) is 1. The molecule has 0 saturated carbocycles. The SMILES string of the molecule is CCc1noc(C)c1C(=O)Nc1ccc(Oc2cccc(C(N)=O)c2)nc1. The number of carbonyl (C=O) groups is 2. The van der Waals surface area contributed by atoms with Gasteiger partial charge in [-0.25, -0.2) is 4.98 Å². The molecule has 0 radical (unpaired) electrons. The highest BCUT2D eigenvalue weighted by Gasteiger charge is 2.19. The Morgan fingerprint density at radius 3 is 2.74 bits per heavy atom. The third-order valence-corrected chi connectivity index (χ3v) is 3.83. The van der Waals surface area contributed by atoms with E-state index in [1.54, 1.807) is 37.3 Å². The normalized spacial score (nSPS) is 10.4. The second-order valence-electron chi connectivity index (χ2n) is 5.75. The number of carbonyl (C=O) groups excluding carboxylic acids is 2. The molecule has 27 heavy (non-hydrogen) atoms. The summed E-state index contributed by atoms with van der Waals surface area (Å²) in [5, 5.41) is 6.63. The number of hydrogen-bond donors (Lipinski definition) is 2. The summed E-state index contributed by atoms with van der Waals surface area (Å²) in [7, 11) is 0. The lowest BCUT2D eigenvalue weighted by atomic mass is 10.1. The molecule has 8 nitrogen and oxygen atoms in total. The first kappa shape index (κ1) is 18.1. The quantitative estimate of drug-likeness (QED) is 0.691. The summed E-state index contributed by atoms with van der Waals surface area (Å²) < 4.78 is 10.7. The monoisotopic (exact) mass is 366 g/mol. The van der Waals surface area contributed by atoms with Crippen LogP contribution in [-0.2, 0) is 6.42 Å². The van der Waals surface area contributed by atoms with Gasteiger partial charge in [-0.3, -0.25) is 9.59 Å². The topological polar surface area (TPSA) is 120 Å². The molecule has 0 saturated heterocycles. The molecule has 0 unspecified atom stereocenters. The lowest BCUT2D eigenvalue weighted by molar-refractivity contribution is 0.0997. The number of benzene rings is 1. The average molecular weight is 366 g/mol. The second-order valence-corrected chi connectivity index (χ2v) is 5.75. The molecule has 1 aromatic carbocycles. The third kappa shape index (κ3) is 4.12. The number of primary amides is 1. The van der Waals surface area contributed by atoms with Crippen LogP contribution in [0.4, 0.5) is 5.69 Å². The van der Waals surface area contributed by atoms with E-state index in [4.69, 9.17) is 15.0 Å². The van der Waals surface area contributed by atoms with E-state index in [0.29, 0.717) is 46.3 Å². The van der Waals surface area contributed by atoms with E-state index in [2.05, 4.69) is 15.5 Å². The zero-order valence-electron chi connectivity index (χ0n) is 14.9. The van der Waals surface area contributed by atoms with Gasteiger partial charge in [0.25, 0.3) is 5.91 Å². The molecule has 0 bridgehead atoms. The maximum Gasteiger partial charge on any atom is 0.261 e. The van der Waals surface area contributed by atoms with Crippen molar-refractivity contribution in [2.45, 2.75) is 20.3 Å². The Kier molecular flexibility index (Phi) is 5.16. The van der Waals surface area contributed by atoms with E-state index in [0.717, 1.165) is 0 Å². The fraction of sp³-hybridized carbons (Fsp3) is 0.158. The second kappa shape index (κ2) is 7.69. The van der Waals surface area contributed by atoms with Gasteiger partial charge < -0.3 is 20.3 Å². The van der Waals surface area contributed by atoms with Crippen molar-refractivity contribution in [3.63, 3.8) is 0 Å². The Balaban J connectivity index is 1.70. The maximum atomic E-state index is 12.4. The van der Waals surface area contributed by atoms with E-state index in [1.165, 1.54) is 12.3 Å². The number of nitrogens with zero attached hydrogens (tertiary/aromatic N) is 2. The van der Waals surface area contributed by atoms with Crippen LogP contribution in [0.3, 0.4) is 0 Å². The van der Waals surface area contributed by atoms with E-state index >= 15 is 0 Å². The molecular weight excluding hydrogens is 348 g/mol. The summed E-state index contributed by atoms with van der Waals surface area (Å²) >= 11 is 0. The van der Waals surface area contributed by atoms with Gasteiger partial charge in [0.2, 0.25) is 11.8 Å². The van der Waals surface area contributed by atoms with Crippen molar-refractivity contribution in [2.75, 3.05) is 5.32 Å². The van der Waals surface area contributed by atoms with Crippen LogP contribution >= 0.6 is 0 Å². The number of nitrogens with two attached hydrogens (primary N) is 1. The predicted molar refractivity (Wildman–Crippen MR) is 97.8 cm³/mol. The van der Waals surface area contributed by atoms with Gasteiger partial charge in [-0.1, -0.05) is 18.1 Å². The zero-order valence-corrected chi connectivity index (χ0v) is 14.9. The molecule has 3 rings (SSSR count). The number of amides is 2. The third-order valence-electron chi connectivity index (χ3n) is 3.83. The largest absolute Gasteiger partial charge is 0.439 e. The fourth-order valence-corrected chi connectivity index (χ4v) is 2.49. The Hall–Kier alpha value is -3.68. The van der Waals surface area contributed by atoms with Gasteiger partial charge in [-0.05, 0) is 37.6 Å². The molecule has 138 valence electrons. The van der Waals surface area contributed by atoms with Gasteiger partial charge >= 0.3 is 0 Å². The molecule has 0 aliphatic heterocycles. The van der Waals surface area contributed by atoms with Gasteiger partial charge in [0, 0.05) is 11.6 Å². The molecule has 0 atom stereocenters. The van der Waals surface area contributed by atoms with Crippen LogP contribution in [0.2, 0.25) is 0 Å². The van der Waals surface area contributed by atoms with Gasteiger partial charge in [-0.15, -0.1) is 0 Å². The number of pyridine rings is 1. The van der Waals surface area contributed by atoms with Crippen molar-refractivity contribution in [3.05, 3.63) is 65.2 Å². The standard InChI is InChI=1S/C19H18N4O4/c1-3-15-17(11(2)27-23-15)19(25)22-13-7-8-16(21-10-13)26-14-6-4-5-12(9-14)18(20)24/h4-10H,3H2,1-2H3,(H2,20,24)(H,22,25). The number of aromatic nitrogens is 2. The average Bonchev–Trinajstić information content (AvgIpc) is 3.04. The van der Waals surface area contributed by atoms with Crippen LogP contribution < -0.4 is 15.8 Å². The molecule has 0 fully saturated rings. The van der Waals surface area contributed by atoms with Crippen LogP contribution in [0, 0.1) is 6.92 Å². The lowest BCUT2D eigenvalue weighted by Crippen LogP contribution is -2.14. The van der Waals surface area contributed by atoms with Crippen LogP contribution in [0.1, 0.15) is 39.1 Å². The Labute approximate surface area is 155 Å². The molecule has 3 aromatic rings. The van der Waals surface area contributed by atoms with Crippen molar-refractivity contribution in [1.82, 2.24) is 10.1 Å². The Morgan fingerprint density at radius 1 is 1.26 bits per heavy atom. The molecular formula is C19H18N4O4. The minimum atomic E-state index is -0.540.